The largest absolute Gasteiger partial charge is 0.508 e. The number of phenols is 1. The highest BCUT2D eigenvalue weighted by atomic mass is 16.3. The van der Waals surface area contributed by atoms with Crippen molar-refractivity contribution in [3.05, 3.63) is 42.0 Å². The number of hydrogen-bond donors (Lipinski definition) is 1. The molecule has 0 spiro atoms. The van der Waals surface area contributed by atoms with Gasteiger partial charge in [-0.25, -0.2) is 0 Å². The molecule has 0 aromatic heterocycles. The van der Waals surface area contributed by atoms with E-state index in [0.717, 1.165) is 29.6 Å². The van der Waals surface area contributed by atoms with Crippen molar-refractivity contribution in [2.24, 2.45) is 23.7 Å². The van der Waals surface area contributed by atoms with Gasteiger partial charge in [-0.15, -0.1) is 0 Å². The molecule has 5 atom stereocenters. The normalized spacial score (nSPS) is 42.0. The maximum absolute atomic E-state index is 9.37. The van der Waals surface area contributed by atoms with Crippen LogP contribution in [0.5, 0.6) is 5.75 Å². The van der Waals surface area contributed by atoms with Crippen molar-refractivity contribution in [2.45, 2.75) is 25.2 Å². The van der Waals surface area contributed by atoms with Crippen molar-refractivity contribution in [1.82, 2.24) is 0 Å². The Bertz CT molecular complexity index is 459. The van der Waals surface area contributed by atoms with Gasteiger partial charge in [0.15, 0.2) is 0 Å². The molecule has 1 N–H and O–H groups in total. The quantitative estimate of drug-likeness (QED) is 0.724. The molecule has 3 aliphatic carbocycles. The average Bonchev–Trinajstić information content (AvgIpc) is 3.02. The zero-order valence-electron chi connectivity index (χ0n) is 9.92. The molecule has 88 valence electrons. The number of allylic oxidation sites excluding steroid dienone is 2. The molecule has 2 saturated carbocycles. The molecule has 0 unspecified atom stereocenters. The van der Waals surface area contributed by atoms with Crippen molar-refractivity contribution >= 4 is 0 Å². The predicted octanol–water partition coefficient (Wildman–Crippen LogP) is 3.71. The number of phenolic OH excluding ortho intramolecular Hbond substituents is 1. The molecule has 0 heterocycles. The summed E-state index contributed by atoms with van der Waals surface area (Å²) in [5, 5.41) is 9.37. The van der Waals surface area contributed by atoms with Crippen LogP contribution >= 0.6 is 0 Å². The van der Waals surface area contributed by atoms with Crippen molar-refractivity contribution in [3.63, 3.8) is 0 Å². The van der Waals surface area contributed by atoms with Crippen LogP contribution in [0.2, 0.25) is 0 Å². The number of aromatic hydroxyl groups is 1. The van der Waals surface area contributed by atoms with Gasteiger partial charge in [-0.05, 0) is 66.5 Å². The molecule has 1 aromatic rings. The number of benzene rings is 1. The SMILES string of the molecule is Oc1ccc([C@H]2C[C@H]3C[C@@H]2[C@@H]2C=CC[C@H]32)cc1. The molecule has 1 heteroatoms. The van der Waals surface area contributed by atoms with E-state index in [1.54, 1.807) is 0 Å². The van der Waals surface area contributed by atoms with E-state index in [1.807, 2.05) is 12.1 Å². The Labute approximate surface area is 102 Å². The predicted molar refractivity (Wildman–Crippen MR) is 67.8 cm³/mol. The van der Waals surface area contributed by atoms with Crippen molar-refractivity contribution in [3.8, 4) is 5.75 Å². The van der Waals surface area contributed by atoms with Crippen LogP contribution in [0.4, 0.5) is 0 Å². The summed E-state index contributed by atoms with van der Waals surface area (Å²) in [6.07, 6.45) is 9.01. The minimum Gasteiger partial charge on any atom is -0.508 e. The van der Waals surface area contributed by atoms with E-state index < -0.39 is 0 Å². The summed E-state index contributed by atoms with van der Waals surface area (Å²) in [5.41, 5.74) is 1.44. The second-order valence-electron chi connectivity index (χ2n) is 6.00. The van der Waals surface area contributed by atoms with Gasteiger partial charge in [-0.2, -0.15) is 0 Å². The molecule has 1 aromatic carbocycles. The van der Waals surface area contributed by atoms with Gasteiger partial charge in [-0.1, -0.05) is 24.3 Å². The lowest BCUT2D eigenvalue weighted by Crippen LogP contribution is -2.23. The van der Waals surface area contributed by atoms with Gasteiger partial charge < -0.3 is 5.11 Å². The maximum Gasteiger partial charge on any atom is 0.115 e. The van der Waals surface area contributed by atoms with Gasteiger partial charge in [0.05, 0.1) is 0 Å². The van der Waals surface area contributed by atoms with Crippen LogP contribution in [0, 0.1) is 23.7 Å². The minimum absolute atomic E-state index is 0.385. The number of hydrogen-bond acceptors (Lipinski definition) is 1. The van der Waals surface area contributed by atoms with Crippen LogP contribution in [0.1, 0.15) is 30.7 Å². The van der Waals surface area contributed by atoms with E-state index in [0.29, 0.717) is 5.75 Å². The number of rotatable bonds is 1. The standard InChI is InChI=1S/C16H18O/c17-12-6-4-10(5-7-12)15-8-11-9-16(15)14-3-1-2-13(11)14/h1,3-7,11,13-17H,2,8-9H2/t11-,13+,14+,15+,16+/m0/s1. The summed E-state index contributed by atoms with van der Waals surface area (Å²) in [6.45, 7) is 0. The second kappa shape index (κ2) is 3.38. The summed E-state index contributed by atoms with van der Waals surface area (Å²) in [5.74, 6) is 4.77. The lowest BCUT2D eigenvalue weighted by molar-refractivity contribution is 0.257. The molecule has 0 saturated heterocycles. The van der Waals surface area contributed by atoms with Crippen LogP contribution in [0.25, 0.3) is 0 Å². The van der Waals surface area contributed by atoms with Crippen LogP contribution in [-0.4, -0.2) is 5.11 Å². The molecule has 3 aliphatic rings. The van der Waals surface area contributed by atoms with Crippen LogP contribution in [-0.2, 0) is 0 Å². The highest BCUT2D eigenvalue weighted by Crippen LogP contribution is 2.61. The van der Waals surface area contributed by atoms with Gasteiger partial charge in [0.25, 0.3) is 0 Å². The molecular formula is C16H18O. The Morgan fingerprint density at radius 2 is 1.82 bits per heavy atom. The first-order valence-corrected chi connectivity index (χ1v) is 6.78. The van der Waals surface area contributed by atoms with Gasteiger partial charge in [-0.3, -0.25) is 0 Å². The van der Waals surface area contributed by atoms with Crippen molar-refractivity contribution in [2.75, 3.05) is 0 Å². The molecule has 1 nitrogen and oxygen atoms in total. The third-order valence-corrected chi connectivity index (χ3v) is 5.33. The Hall–Kier alpha value is -1.24. The summed E-state index contributed by atoms with van der Waals surface area (Å²) in [7, 11) is 0. The third kappa shape index (κ3) is 1.31. The molecular weight excluding hydrogens is 208 g/mol. The van der Waals surface area contributed by atoms with Gasteiger partial charge >= 0.3 is 0 Å². The lowest BCUT2D eigenvalue weighted by Gasteiger charge is -2.31. The zero-order chi connectivity index (χ0) is 11.4. The summed E-state index contributed by atoms with van der Waals surface area (Å²) >= 11 is 0. The first-order chi connectivity index (χ1) is 8.33. The first kappa shape index (κ1) is 9.76. The van der Waals surface area contributed by atoms with Crippen LogP contribution in [0.3, 0.4) is 0 Å². The Morgan fingerprint density at radius 3 is 2.65 bits per heavy atom. The van der Waals surface area contributed by atoms with Crippen molar-refractivity contribution in [1.29, 1.82) is 0 Å². The van der Waals surface area contributed by atoms with E-state index in [1.165, 1.54) is 24.8 Å². The fraction of sp³-hybridized carbons (Fsp3) is 0.500. The molecule has 2 bridgehead atoms. The highest BCUT2D eigenvalue weighted by Gasteiger charge is 2.52. The molecule has 0 aliphatic heterocycles. The van der Waals surface area contributed by atoms with E-state index in [4.69, 9.17) is 0 Å². The van der Waals surface area contributed by atoms with E-state index in [2.05, 4.69) is 24.3 Å². The Morgan fingerprint density at radius 1 is 1.00 bits per heavy atom. The Kier molecular flexibility index (Phi) is 1.94. The van der Waals surface area contributed by atoms with Crippen LogP contribution < -0.4 is 0 Å². The van der Waals surface area contributed by atoms with E-state index >= 15 is 0 Å². The maximum atomic E-state index is 9.37. The molecule has 2 fully saturated rings. The van der Waals surface area contributed by atoms with Crippen LogP contribution in [0.15, 0.2) is 36.4 Å². The zero-order valence-corrected chi connectivity index (χ0v) is 9.92. The summed E-state index contributed by atoms with van der Waals surface area (Å²) < 4.78 is 0. The fourth-order valence-electron chi connectivity index (χ4n) is 4.65. The lowest BCUT2D eigenvalue weighted by atomic mass is 9.73. The monoisotopic (exact) mass is 226 g/mol. The van der Waals surface area contributed by atoms with Gasteiger partial charge in [0, 0.05) is 0 Å². The summed E-state index contributed by atoms with van der Waals surface area (Å²) in [6, 6.07) is 7.91. The smallest absolute Gasteiger partial charge is 0.115 e. The molecule has 0 radical (unpaired) electrons. The van der Waals surface area contributed by atoms with E-state index in [9.17, 15) is 5.11 Å². The third-order valence-electron chi connectivity index (χ3n) is 5.33. The van der Waals surface area contributed by atoms with Gasteiger partial charge in [0.1, 0.15) is 5.75 Å². The summed E-state index contributed by atoms with van der Waals surface area (Å²) in [4.78, 5) is 0. The molecule has 17 heavy (non-hydrogen) atoms. The van der Waals surface area contributed by atoms with Crippen molar-refractivity contribution < 1.29 is 5.11 Å². The number of fused-ring (bicyclic) bond motifs is 5. The average molecular weight is 226 g/mol. The highest BCUT2D eigenvalue weighted by molar-refractivity contribution is 5.31. The minimum atomic E-state index is 0.385. The fourth-order valence-corrected chi connectivity index (χ4v) is 4.65. The first-order valence-electron chi connectivity index (χ1n) is 6.78. The second-order valence-corrected chi connectivity index (χ2v) is 6.00. The molecule has 4 rings (SSSR count). The van der Waals surface area contributed by atoms with E-state index in [-0.39, 0.29) is 0 Å². The van der Waals surface area contributed by atoms with Gasteiger partial charge in [0.2, 0.25) is 0 Å². The topological polar surface area (TPSA) is 20.2 Å². The molecule has 0 amide bonds. The Balaban J connectivity index is 1.65.